The van der Waals surface area contributed by atoms with Crippen LogP contribution in [0.15, 0.2) is 22.1 Å². The monoisotopic (exact) mass is 313 g/mol. The molecule has 2 aromatic heterocycles. The van der Waals surface area contributed by atoms with Gasteiger partial charge in [0.05, 0.1) is 5.69 Å². The van der Waals surface area contributed by atoms with Crippen LogP contribution in [0, 0.1) is 0 Å². The molecule has 0 spiro atoms. The lowest BCUT2D eigenvalue weighted by atomic mass is 10.2. The molecule has 0 aliphatic heterocycles. The van der Waals surface area contributed by atoms with Crippen LogP contribution in [0.5, 0.6) is 0 Å². The van der Waals surface area contributed by atoms with E-state index in [-0.39, 0.29) is 0 Å². The van der Waals surface area contributed by atoms with Gasteiger partial charge in [-0.1, -0.05) is 6.92 Å². The first-order valence-electron chi connectivity index (χ1n) is 5.64. The molecule has 2 aromatic rings. The van der Waals surface area contributed by atoms with Crippen molar-refractivity contribution in [2.45, 2.75) is 26.4 Å². The zero-order chi connectivity index (χ0) is 12.3. The first kappa shape index (κ1) is 12.8. The van der Waals surface area contributed by atoms with Gasteiger partial charge in [0.2, 0.25) is 0 Å². The summed E-state index contributed by atoms with van der Waals surface area (Å²) in [6, 6.07) is 2.15. The van der Waals surface area contributed by atoms with Gasteiger partial charge in [-0.3, -0.25) is 4.68 Å². The van der Waals surface area contributed by atoms with Crippen molar-refractivity contribution in [3.8, 4) is 0 Å². The quantitative estimate of drug-likeness (QED) is 0.919. The summed E-state index contributed by atoms with van der Waals surface area (Å²) in [5.41, 5.74) is 2.48. The molecular formula is C12H16BrN3S. The Balaban J connectivity index is 1.89. The molecule has 0 atom stereocenters. The zero-order valence-corrected chi connectivity index (χ0v) is 12.4. The molecule has 17 heavy (non-hydrogen) atoms. The van der Waals surface area contributed by atoms with Crippen LogP contribution in [0.25, 0.3) is 0 Å². The molecule has 3 nitrogen and oxygen atoms in total. The Labute approximate surface area is 114 Å². The maximum atomic E-state index is 4.43. The summed E-state index contributed by atoms with van der Waals surface area (Å²) >= 11 is 5.23. The molecule has 0 bridgehead atoms. The van der Waals surface area contributed by atoms with Crippen LogP contribution in [0.4, 0.5) is 0 Å². The van der Waals surface area contributed by atoms with Gasteiger partial charge < -0.3 is 5.32 Å². The fourth-order valence-electron chi connectivity index (χ4n) is 1.80. The summed E-state index contributed by atoms with van der Waals surface area (Å²) in [5.74, 6) is 0. The Kier molecular flexibility index (Phi) is 4.36. The van der Waals surface area contributed by atoms with Crippen molar-refractivity contribution < 1.29 is 0 Å². The van der Waals surface area contributed by atoms with Crippen molar-refractivity contribution in [1.82, 2.24) is 15.1 Å². The number of thiophene rings is 1. The van der Waals surface area contributed by atoms with Crippen LogP contribution in [0.1, 0.15) is 23.1 Å². The molecule has 0 fully saturated rings. The molecule has 0 aromatic carbocycles. The van der Waals surface area contributed by atoms with E-state index in [2.05, 4.69) is 50.9 Å². The minimum atomic E-state index is 0.881. The molecule has 5 heteroatoms. The summed E-state index contributed by atoms with van der Waals surface area (Å²) in [7, 11) is 1.97. The minimum Gasteiger partial charge on any atom is -0.308 e. The molecule has 0 aliphatic carbocycles. The number of aryl methyl sites for hydroxylation is 2. The third kappa shape index (κ3) is 3.40. The van der Waals surface area contributed by atoms with Crippen molar-refractivity contribution >= 4 is 27.3 Å². The Morgan fingerprint density at radius 1 is 1.47 bits per heavy atom. The number of aromatic nitrogens is 2. The zero-order valence-electron chi connectivity index (χ0n) is 10.0. The number of hydrogen-bond acceptors (Lipinski definition) is 3. The highest BCUT2D eigenvalue weighted by atomic mass is 79.9. The van der Waals surface area contributed by atoms with E-state index in [1.165, 1.54) is 16.1 Å². The molecule has 0 aliphatic rings. The van der Waals surface area contributed by atoms with Gasteiger partial charge in [0.25, 0.3) is 0 Å². The second-order valence-corrected chi connectivity index (χ2v) is 5.87. The Bertz CT molecular complexity index is 490. The summed E-state index contributed by atoms with van der Waals surface area (Å²) in [4.78, 5) is 1.35. The Hall–Kier alpha value is -0.650. The Morgan fingerprint density at radius 2 is 2.29 bits per heavy atom. The van der Waals surface area contributed by atoms with Gasteiger partial charge >= 0.3 is 0 Å². The molecule has 2 heterocycles. The van der Waals surface area contributed by atoms with Gasteiger partial charge in [0.15, 0.2) is 0 Å². The van der Waals surface area contributed by atoms with Gasteiger partial charge in [-0.15, -0.1) is 11.3 Å². The number of nitrogens with zero attached hydrogens (tertiary/aromatic N) is 2. The Morgan fingerprint density at radius 3 is 2.94 bits per heavy atom. The van der Waals surface area contributed by atoms with Gasteiger partial charge in [-0.25, -0.2) is 0 Å². The lowest BCUT2D eigenvalue weighted by Crippen LogP contribution is -2.12. The van der Waals surface area contributed by atoms with Crippen LogP contribution in [0.3, 0.4) is 0 Å². The van der Waals surface area contributed by atoms with E-state index in [1.807, 2.05) is 11.7 Å². The smallest absolute Gasteiger partial charge is 0.0666 e. The summed E-state index contributed by atoms with van der Waals surface area (Å²) < 4.78 is 3.05. The van der Waals surface area contributed by atoms with E-state index in [9.17, 15) is 0 Å². The van der Waals surface area contributed by atoms with Crippen molar-refractivity contribution in [1.29, 1.82) is 0 Å². The van der Waals surface area contributed by atoms with E-state index in [0.717, 1.165) is 24.0 Å². The minimum absolute atomic E-state index is 0.881. The van der Waals surface area contributed by atoms with E-state index in [0.29, 0.717) is 0 Å². The summed E-state index contributed by atoms with van der Waals surface area (Å²) in [6.45, 7) is 3.93. The maximum Gasteiger partial charge on any atom is 0.0666 e. The third-order valence-electron chi connectivity index (χ3n) is 2.56. The fourth-order valence-corrected chi connectivity index (χ4v) is 3.22. The van der Waals surface area contributed by atoms with Gasteiger partial charge in [-0.05, 0) is 28.4 Å². The SMILES string of the molecule is CCc1nn(C)cc1CNCc1cc(Br)cs1. The van der Waals surface area contributed by atoms with Gasteiger partial charge in [-0.2, -0.15) is 5.10 Å². The highest BCUT2D eigenvalue weighted by molar-refractivity contribution is 9.10. The molecule has 0 amide bonds. The molecule has 0 saturated heterocycles. The van der Waals surface area contributed by atoms with Crippen molar-refractivity contribution in [3.05, 3.63) is 38.3 Å². The molecule has 92 valence electrons. The molecule has 1 N–H and O–H groups in total. The predicted octanol–water partition coefficient (Wildman–Crippen LogP) is 3.10. The highest BCUT2D eigenvalue weighted by Gasteiger charge is 2.05. The number of rotatable bonds is 5. The topological polar surface area (TPSA) is 29.9 Å². The summed E-state index contributed by atoms with van der Waals surface area (Å²) in [6.07, 6.45) is 3.08. The fraction of sp³-hybridized carbons (Fsp3) is 0.417. The van der Waals surface area contributed by atoms with E-state index >= 15 is 0 Å². The van der Waals surface area contributed by atoms with Crippen LogP contribution in [-0.2, 0) is 26.6 Å². The molecule has 0 radical (unpaired) electrons. The normalized spacial score (nSPS) is 11.0. The molecular weight excluding hydrogens is 298 g/mol. The number of halogens is 1. The van der Waals surface area contributed by atoms with Crippen LogP contribution in [0.2, 0.25) is 0 Å². The average Bonchev–Trinajstić information content (AvgIpc) is 2.85. The third-order valence-corrected chi connectivity index (χ3v) is 4.26. The van der Waals surface area contributed by atoms with Crippen LogP contribution >= 0.6 is 27.3 Å². The van der Waals surface area contributed by atoms with Crippen molar-refractivity contribution in [3.63, 3.8) is 0 Å². The summed E-state index contributed by atoms with van der Waals surface area (Å²) in [5, 5.41) is 10.00. The first-order valence-corrected chi connectivity index (χ1v) is 7.31. The number of hydrogen-bond donors (Lipinski definition) is 1. The lowest BCUT2D eigenvalue weighted by molar-refractivity contribution is 0.695. The van der Waals surface area contributed by atoms with Gasteiger partial charge in [0.1, 0.15) is 0 Å². The maximum absolute atomic E-state index is 4.43. The predicted molar refractivity (Wildman–Crippen MR) is 75.1 cm³/mol. The number of nitrogens with one attached hydrogen (secondary N) is 1. The van der Waals surface area contributed by atoms with Crippen LogP contribution in [-0.4, -0.2) is 9.78 Å². The molecule has 2 rings (SSSR count). The molecule has 0 saturated carbocycles. The van der Waals surface area contributed by atoms with E-state index in [1.54, 1.807) is 11.3 Å². The largest absolute Gasteiger partial charge is 0.308 e. The lowest BCUT2D eigenvalue weighted by Gasteiger charge is -2.02. The second kappa shape index (κ2) is 5.80. The average molecular weight is 314 g/mol. The van der Waals surface area contributed by atoms with E-state index < -0.39 is 0 Å². The van der Waals surface area contributed by atoms with Crippen LogP contribution < -0.4 is 5.32 Å². The highest BCUT2D eigenvalue weighted by Crippen LogP contribution is 2.19. The van der Waals surface area contributed by atoms with Gasteiger partial charge in [0, 0.05) is 46.6 Å². The second-order valence-electron chi connectivity index (χ2n) is 3.96. The van der Waals surface area contributed by atoms with Crippen molar-refractivity contribution in [2.75, 3.05) is 0 Å². The first-order chi connectivity index (χ1) is 8.19. The van der Waals surface area contributed by atoms with Crippen molar-refractivity contribution in [2.24, 2.45) is 7.05 Å². The molecule has 0 unspecified atom stereocenters. The van der Waals surface area contributed by atoms with E-state index in [4.69, 9.17) is 0 Å². The standard InChI is InChI=1S/C12H16BrN3S/c1-3-12-9(7-16(2)15-12)5-14-6-11-4-10(13)8-17-11/h4,7-8,14H,3,5-6H2,1-2H3.